The molecule has 0 aliphatic carbocycles. The Hall–Kier alpha value is -2.09. The smallest absolute Gasteiger partial charge is 0.240 e. The average molecular weight is 381 g/mol. The summed E-state index contributed by atoms with van der Waals surface area (Å²) in [5.74, 6) is 0.564. The zero-order valence-electron chi connectivity index (χ0n) is 13.3. The highest BCUT2D eigenvalue weighted by Crippen LogP contribution is 2.25. The van der Waals surface area contributed by atoms with Gasteiger partial charge in [-0.15, -0.1) is 0 Å². The highest BCUT2D eigenvalue weighted by atomic mass is 35.5. The van der Waals surface area contributed by atoms with E-state index in [0.29, 0.717) is 29.3 Å². The molecule has 0 atom stereocenters. The minimum absolute atomic E-state index is 0.0550. The number of ether oxygens (including phenoxy) is 1. The summed E-state index contributed by atoms with van der Waals surface area (Å²) in [6.45, 7) is 0.334. The second-order valence-corrected chi connectivity index (χ2v) is 7.77. The van der Waals surface area contributed by atoms with E-state index in [4.69, 9.17) is 16.3 Å². The first kappa shape index (κ1) is 17.7. The molecule has 1 heterocycles. The van der Waals surface area contributed by atoms with Gasteiger partial charge in [0.2, 0.25) is 15.9 Å². The molecule has 0 unspecified atom stereocenters. The second kappa shape index (κ2) is 7.43. The number of carbonyl (C=O) groups is 1. The Bertz CT molecular complexity index is 882. The molecule has 1 aliphatic heterocycles. The molecule has 0 bridgehead atoms. The minimum atomic E-state index is -3.63. The first-order valence-electron chi connectivity index (χ1n) is 7.75. The molecule has 8 heteroatoms. The number of hydrogen-bond acceptors (Lipinski definition) is 4. The molecule has 0 fully saturated rings. The summed E-state index contributed by atoms with van der Waals surface area (Å²) in [6.07, 6.45) is 0.892. The number of carbonyl (C=O) groups excluding carboxylic acids is 1. The first-order valence-corrected chi connectivity index (χ1v) is 9.61. The zero-order valence-corrected chi connectivity index (χ0v) is 14.9. The SMILES string of the molecule is O=C1CCc2cc(S(=O)(=O)NCCOc3ccc(Cl)cc3)ccc2N1. The van der Waals surface area contributed by atoms with Crippen LogP contribution in [-0.4, -0.2) is 27.5 Å². The first-order chi connectivity index (χ1) is 11.9. The molecular weight excluding hydrogens is 364 g/mol. The van der Waals surface area contributed by atoms with Crippen molar-refractivity contribution in [3.8, 4) is 5.75 Å². The maximum Gasteiger partial charge on any atom is 0.240 e. The maximum absolute atomic E-state index is 12.4. The number of anilines is 1. The molecule has 132 valence electrons. The van der Waals surface area contributed by atoms with E-state index in [1.807, 2.05) is 0 Å². The van der Waals surface area contributed by atoms with Gasteiger partial charge in [0, 0.05) is 23.7 Å². The molecule has 0 saturated heterocycles. The summed E-state index contributed by atoms with van der Waals surface area (Å²) in [5.41, 5.74) is 1.49. The van der Waals surface area contributed by atoms with Gasteiger partial charge in [-0.3, -0.25) is 4.79 Å². The van der Waals surface area contributed by atoms with E-state index < -0.39 is 10.0 Å². The number of amides is 1. The number of hydrogen-bond donors (Lipinski definition) is 2. The van der Waals surface area contributed by atoms with Gasteiger partial charge in [0.15, 0.2) is 0 Å². The number of halogens is 1. The Morgan fingerprint density at radius 3 is 2.64 bits per heavy atom. The highest BCUT2D eigenvalue weighted by molar-refractivity contribution is 7.89. The Balaban J connectivity index is 1.58. The quantitative estimate of drug-likeness (QED) is 0.754. The Kier molecular flexibility index (Phi) is 5.27. The van der Waals surface area contributed by atoms with Crippen molar-refractivity contribution in [3.05, 3.63) is 53.1 Å². The molecule has 0 spiro atoms. The van der Waals surface area contributed by atoms with Gasteiger partial charge in [-0.2, -0.15) is 0 Å². The molecule has 3 rings (SSSR count). The lowest BCUT2D eigenvalue weighted by molar-refractivity contribution is -0.116. The standard InChI is InChI=1S/C17H17ClN2O4S/c18-13-2-4-14(5-3-13)24-10-9-19-25(22,23)15-6-7-16-12(11-15)1-8-17(21)20-16/h2-7,11,19H,1,8-10H2,(H,20,21). The largest absolute Gasteiger partial charge is 0.492 e. The lowest BCUT2D eigenvalue weighted by atomic mass is 10.0. The Labute approximate surface area is 151 Å². The molecular formula is C17H17ClN2O4S. The van der Waals surface area contributed by atoms with Gasteiger partial charge in [-0.1, -0.05) is 11.6 Å². The van der Waals surface area contributed by atoms with Crippen LogP contribution in [0.5, 0.6) is 5.75 Å². The van der Waals surface area contributed by atoms with Crippen LogP contribution in [0.3, 0.4) is 0 Å². The van der Waals surface area contributed by atoms with E-state index >= 15 is 0 Å². The van der Waals surface area contributed by atoms with Crippen molar-refractivity contribution in [1.82, 2.24) is 4.72 Å². The van der Waals surface area contributed by atoms with Crippen LogP contribution in [0, 0.1) is 0 Å². The van der Waals surface area contributed by atoms with Crippen LogP contribution in [0.25, 0.3) is 0 Å². The molecule has 0 aromatic heterocycles. The maximum atomic E-state index is 12.4. The molecule has 2 N–H and O–H groups in total. The van der Waals surface area contributed by atoms with Crippen LogP contribution in [0.15, 0.2) is 47.4 Å². The Morgan fingerprint density at radius 2 is 1.88 bits per heavy atom. The molecule has 2 aromatic carbocycles. The summed E-state index contributed by atoms with van der Waals surface area (Å²) in [6, 6.07) is 11.5. The Morgan fingerprint density at radius 1 is 1.12 bits per heavy atom. The molecule has 1 amide bonds. The van der Waals surface area contributed by atoms with Crippen molar-refractivity contribution in [2.24, 2.45) is 0 Å². The molecule has 1 aliphatic rings. The van der Waals surface area contributed by atoms with Crippen molar-refractivity contribution in [3.63, 3.8) is 0 Å². The number of benzene rings is 2. The predicted molar refractivity (Wildman–Crippen MR) is 95.5 cm³/mol. The van der Waals surface area contributed by atoms with Crippen molar-refractivity contribution >= 4 is 33.2 Å². The van der Waals surface area contributed by atoms with E-state index in [0.717, 1.165) is 5.56 Å². The van der Waals surface area contributed by atoms with Crippen LogP contribution in [-0.2, 0) is 21.2 Å². The topological polar surface area (TPSA) is 84.5 Å². The van der Waals surface area contributed by atoms with Crippen molar-refractivity contribution < 1.29 is 17.9 Å². The van der Waals surface area contributed by atoms with Gasteiger partial charge in [0.1, 0.15) is 12.4 Å². The van der Waals surface area contributed by atoms with Gasteiger partial charge in [0.25, 0.3) is 0 Å². The van der Waals surface area contributed by atoms with Crippen LogP contribution in [0.1, 0.15) is 12.0 Å². The van der Waals surface area contributed by atoms with Crippen molar-refractivity contribution in [2.45, 2.75) is 17.7 Å². The summed E-state index contributed by atoms with van der Waals surface area (Å²) >= 11 is 5.79. The summed E-state index contributed by atoms with van der Waals surface area (Å²) < 4.78 is 32.7. The molecule has 6 nitrogen and oxygen atoms in total. The fourth-order valence-corrected chi connectivity index (χ4v) is 3.68. The fraction of sp³-hybridized carbons (Fsp3) is 0.235. The van der Waals surface area contributed by atoms with E-state index in [1.165, 1.54) is 6.07 Å². The van der Waals surface area contributed by atoms with Crippen LogP contribution in [0.4, 0.5) is 5.69 Å². The van der Waals surface area contributed by atoms with Crippen LogP contribution >= 0.6 is 11.6 Å². The third-order valence-electron chi connectivity index (χ3n) is 3.76. The third kappa shape index (κ3) is 4.50. The van der Waals surface area contributed by atoms with E-state index in [9.17, 15) is 13.2 Å². The number of rotatable bonds is 6. The highest BCUT2D eigenvalue weighted by Gasteiger charge is 2.19. The normalized spacial score (nSPS) is 13.9. The van der Waals surface area contributed by atoms with E-state index in [-0.39, 0.29) is 24.0 Å². The van der Waals surface area contributed by atoms with Gasteiger partial charge in [-0.25, -0.2) is 13.1 Å². The van der Waals surface area contributed by atoms with E-state index in [2.05, 4.69) is 10.0 Å². The van der Waals surface area contributed by atoms with Gasteiger partial charge >= 0.3 is 0 Å². The van der Waals surface area contributed by atoms with E-state index in [1.54, 1.807) is 36.4 Å². The summed E-state index contributed by atoms with van der Waals surface area (Å²) in [7, 11) is -3.63. The van der Waals surface area contributed by atoms with Gasteiger partial charge in [-0.05, 0) is 54.4 Å². The summed E-state index contributed by atoms with van der Waals surface area (Å²) in [5, 5.41) is 3.34. The minimum Gasteiger partial charge on any atom is -0.492 e. The number of aryl methyl sites for hydroxylation is 1. The molecule has 0 saturated carbocycles. The number of fused-ring (bicyclic) bond motifs is 1. The average Bonchev–Trinajstić information content (AvgIpc) is 2.59. The molecule has 2 aromatic rings. The second-order valence-electron chi connectivity index (χ2n) is 5.57. The van der Waals surface area contributed by atoms with Gasteiger partial charge in [0.05, 0.1) is 4.90 Å². The lowest BCUT2D eigenvalue weighted by Crippen LogP contribution is -2.28. The zero-order chi connectivity index (χ0) is 17.9. The molecule has 0 radical (unpaired) electrons. The van der Waals surface area contributed by atoms with Crippen molar-refractivity contribution in [1.29, 1.82) is 0 Å². The monoisotopic (exact) mass is 380 g/mol. The van der Waals surface area contributed by atoms with Crippen molar-refractivity contribution in [2.75, 3.05) is 18.5 Å². The fourth-order valence-electron chi connectivity index (χ4n) is 2.49. The van der Waals surface area contributed by atoms with Crippen LogP contribution in [0.2, 0.25) is 5.02 Å². The predicted octanol–water partition coefficient (Wildman–Crippen LogP) is 2.58. The lowest BCUT2D eigenvalue weighted by Gasteiger charge is -2.17. The third-order valence-corrected chi connectivity index (χ3v) is 5.47. The number of sulfonamides is 1. The van der Waals surface area contributed by atoms with Crippen LogP contribution < -0.4 is 14.8 Å². The summed E-state index contributed by atoms with van der Waals surface area (Å²) in [4.78, 5) is 11.5. The number of nitrogens with one attached hydrogen (secondary N) is 2. The molecule has 25 heavy (non-hydrogen) atoms. The van der Waals surface area contributed by atoms with Gasteiger partial charge < -0.3 is 10.1 Å².